The minimum Gasteiger partial charge on any atom is -0.497 e. The zero-order valence-corrected chi connectivity index (χ0v) is 21.5. The number of nitrogens with zero attached hydrogens (tertiary/aromatic N) is 1. The third kappa shape index (κ3) is 4.46. The molecule has 3 fully saturated rings. The Kier molecular flexibility index (Phi) is 6.96. The van der Waals surface area contributed by atoms with Gasteiger partial charge in [0.15, 0.2) is 0 Å². The third-order valence-electron chi connectivity index (χ3n) is 8.77. The fourth-order valence-corrected chi connectivity index (χ4v) is 6.49. The number of hydrogen-bond donors (Lipinski definition) is 1. The SMILES string of the molecule is COc1ccc(C(O)(c2ccc(OC)cc2)C23CC[N+](CCCOc4ccccc4)(CC2)CC3)cc1. The van der Waals surface area contributed by atoms with Gasteiger partial charge in [-0.2, -0.15) is 0 Å². The van der Waals surface area contributed by atoms with Gasteiger partial charge in [0.25, 0.3) is 0 Å². The maximum atomic E-state index is 12.7. The standard InChI is InChI=1S/C31H38NO4/c1-34-27-13-9-25(10-14-27)31(33,26-11-15-28(35-2)16-12-26)30-17-21-32(22-18-30,23-19-30)20-6-24-36-29-7-4-3-5-8-29/h3-5,7-16,33H,6,17-24H2,1-2H3/q+1. The number of fused-ring (bicyclic) bond motifs is 3. The topological polar surface area (TPSA) is 47.9 Å². The molecule has 6 rings (SSSR count). The molecule has 3 aromatic carbocycles. The summed E-state index contributed by atoms with van der Waals surface area (Å²) in [5.74, 6) is 2.54. The van der Waals surface area contributed by atoms with E-state index in [0.717, 1.165) is 91.3 Å². The van der Waals surface area contributed by atoms with Crippen molar-refractivity contribution in [1.29, 1.82) is 0 Å². The van der Waals surface area contributed by atoms with Crippen molar-refractivity contribution in [3.63, 3.8) is 0 Å². The Morgan fingerprint density at radius 1 is 0.722 bits per heavy atom. The summed E-state index contributed by atoms with van der Waals surface area (Å²) < 4.78 is 17.9. The summed E-state index contributed by atoms with van der Waals surface area (Å²) in [4.78, 5) is 0. The number of ether oxygens (including phenoxy) is 3. The molecule has 3 aromatic rings. The van der Waals surface area contributed by atoms with Crippen LogP contribution in [-0.4, -0.2) is 56.6 Å². The number of para-hydroxylation sites is 1. The van der Waals surface area contributed by atoms with Crippen LogP contribution in [0.5, 0.6) is 17.2 Å². The highest BCUT2D eigenvalue weighted by atomic mass is 16.5. The maximum absolute atomic E-state index is 12.7. The van der Waals surface area contributed by atoms with Gasteiger partial charge in [0.1, 0.15) is 22.8 Å². The van der Waals surface area contributed by atoms with E-state index in [1.54, 1.807) is 14.2 Å². The quantitative estimate of drug-likeness (QED) is 0.306. The maximum Gasteiger partial charge on any atom is 0.121 e. The lowest BCUT2D eigenvalue weighted by Gasteiger charge is -2.60. The van der Waals surface area contributed by atoms with Gasteiger partial charge in [0, 0.05) is 31.1 Å². The Labute approximate surface area is 214 Å². The van der Waals surface area contributed by atoms with Gasteiger partial charge in [-0.25, -0.2) is 0 Å². The number of rotatable bonds is 10. The summed E-state index contributed by atoms with van der Waals surface area (Å²) in [5, 5.41) is 12.7. The summed E-state index contributed by atoms with van der Waals surface area (Å²) in [5.41, 5.74) is 0.605. The van der Waals surface area contributed by atoms with E-state index in [9.17, 15) is 5.11 Å². The largest absolute Gasteiger partial charge is 0.497 e. The lowest BCUT2D eigenvalue weighted by molar-refractivity contribution is -0.946. The molecule has 0 radical (unpaired) electrons. The molecule has 3 aliphatic heterocycles. The number of benzene rings is 3. The van der Waals surface area contributed by atoms with E-state index in [1.165, 1.54) is 0 Å². The van der Waals surface area contributed by atoms with Crippen LogP contribution in [0.3, 0.4) is 0 Å². The minimum atomic E-state index is -1.07. The molecule has 3 aliphatic rings. The Morgan fingerprint density at radius 3 is 1.69 bits per heavy atom. The predicted molar refractivity (Wildman–Crippen MR) is 142 cm³/mol. The van der Waals surface area contributed by atoms with E-state index in [2.05, 4.69) is 0 Å². The van der Waals surface area contributed by atoms with Crippen LogP contribution < -0.4 is 14.2 Å². The Bertz CT molecular complexity index is 1060. The van der Waals surface area contributed by atoms with E-state index in [1.807, 2.05) is 78.9 Å². The molecule has 0 saturated carbocycles. The first kappa shape index (κ1) is 24.7. The molecule has 0 aliphatic carbocycles. The monoisotopic (exact) mass is 488 g/mol. The van der Waals surface area contributed by atoms with Crippen molar-refractivity contribution >= 4 is 0 Å². The van der Waals surface area contributed by atoms with Gasteiger partial charge in [-0.05, 0) is 47.5 Å². The van der Waals surface area contributed by atoms with Crippen LogP contribution in [0.4, 0.5) is 0 Å². The van der Waals surface area contributed by atoms with Crippen LogP contribution in [0.1, 0.15) is 36.8 Å². The van der Waals surface area contributed by atoms with Gasteiger partial charge in [0.2, 0.25) is 0 Å². The van der Waals surface area contributed by atoms with Crippen LogP contribution in [0.15, 0.2) is 78.9 Å². The van der Waals surface area contributed by atoms with E-state index in [-0.39, 0.29) is 5.41 Å². The number of piperidine rings is 3. The van der Waals surface area contributed by atoms with Crippen molar-refractivity contribution < 1.29 is 23.8 Å². The van der Waals surface area contributed by atoms with E-state index < -0.39 is 5.60 Å². The van der Waals surface area contributed by atoms with Crippen molar-refractivity contribution in [2.45, 2.75) is 31.3 Å². The third-order valence-corrected chi connectivity index (χ3v) is 8.77. The lowest BCUT2D eigenvalue weighted by atomic mass is 9.56. The molecule has 3 saturated heterocycles. The van der Waals surface area contributed by atoms with Crippen LogP contribution in [-0.2, 0) is 5.60 Å². The van der Waals surface area contributed by atoms with Gasteiger partial charge in [-0.15, -0.1) is 0 Å². The fourth-order valence-electron chi connectivity index (χ4n) is 6.49. The van der Waals surface area contributed by atoms with Crippen molar-refractivity contribution in [3.05, 3.63) is 90.0 Å². The van der Waals surface area contributed by atoms with Crippen molar-refractivity contribution in [2.24, 2.45) is 5.41 Å². The fraction of sp³-hybridized carbons (Fsp3) is 0.419. The molecule has 190 valence electrons. The molecular weight excluding hydrogens is 450 g/mol. The summed E-state index contributed by atoms with van der Waals surface area (Å²) in [7, 11) is 3.35. The second-order valence-electron chi connectivity index (χ2n) is 10.4. The molecule has 3 heterocycles. The summed E-state index contributed by atoms with van der Waals surface area (Å²) >= 11 is 0. The number of methoxy groups -OCH3 is 2. The van der Waals surface area contributed by atoms with E-state index >= 15 is 0 Å². The van der Waals surface area contributed by atoms with Crippen LogP contribution in [0.25, 0.3) is 0 Å². The van der Waals surface area contributed by atoms with Crippen LogP contribution >= 0.6 is 0 Å². The van der Waals surface area contributed by atoms with Gasteiger partial charge >= 0.3 is 0 Å². The Balaban J connectivity index is 1.35. The first-order chi connectivity index (χ1) is 17.5. The average molecular weight is 489 g/mol. The number of hydrogen-bond acceptors (Lipinski definition) is 4. The lowest BCUT2D eigenvalue weighted by Crippen LogP contribution is -2.66. The molecule has 2 bridgehead atoms. The van der Waals surface area contributed by atoms with Gasteiger partial charge < -0.3 is 23.8 Å². The second kappa shape index (κ2) is 10.2. The van der Waals surface area contributed by atoms with Gasteiger partial charge in [-0.3, -0.25) is 0 Å². The van der Waals surface area contributed by atoms with Gasteiger partial charge in [-0.1, -0.05) is 42.5 Å². The molecule has 5 heteroatoms. The zero-order chi connectivity index (χ0) is 25.1. The molecule has 1 N–H and O–H groups in total. The van der Waals surface area contributed by atoms with Crippen molar-refractivity contribution in [2.75, 3.05) is 47.0 Å². The summed E-state index contributed by atoms with van der Waals surface area (Å²) in [6, 6.07) is 26.0. The molecular formula is C31H38NO4+. The predicted octanol–water partition coefficient (Wildman–Crippen LogP) is 5.41. The first-order valence-corrected chi connectivity index (χ1v) is 13.1. The summed E-state index contributed by atoms with van der Waals surface area (Å²) in [6.07, 6.45) is 4.05. The molecule has 0 atom stereocenters. The normalized spacial score (nSPS) is 23.3. The highest BCUT2D eigenvalue weighted by molar-refractivity contribution is 5.43. The minimum absolute atomic E-state index is 0.198. The Hall–Kier alpha value is -3.02. The molecule has 0 aromatic heterocycles. The molecule has 0 amide bonds. The highest BCUT2D eigenvalue weighted by Gasteiger charge is 2.60. The number of aliphatic hydroxyl groups is 1. The average Bonchev–Trinajstić information content (AvgIpc) is 2.96. The molecule has 0 unspecified atom stereocenters. The van der Waals surface area contributed by atoms with Gasteiger partial charge in [0.05, 0.1) is 47.0 Å². The molecule has 0 spiro atoms. The summed E-state index contributed by atoms with van der Waals surface area (Å²) in [6.45, 7) is 5.17. The first-order valence-electron chi connectivity index (χ1n) is 13.1. The van der Waals surface area contributed by atoms with Crippen LogP contribution in [0, 0.1) is 5.41 Å². The van der Waals surface area contributed by atoms with E-state index in [4.69, 9.17) is 14.2 Å². The van der Waals surface area contributed by atoms with E-state index in [0.29, 0.717) is 0 Å². The molecule has 36 heavy (non-hydrogen) atoms. The van der Waals surface area contributed by atoms with Crippen molar-refractivity contribution in [3.8, 4) is 17.2 Å². The number of quaternary nitrogens is 1. The second-order valence-corrected chi connectivity index (χ2v) is 10.4. The Morgan fingerprint density at radius 2 is 1.22 bits per heavy atom. The van der Waals surface area contributed by atoms with Crippen LogP contribution in [0.2, 0.25) is 0 Å². The van der Waals surface area contributed by atoms with Crippen molar-refractivity contribution in [1.82, 2.24) is 0 Å². The highest BCUT2D eigenvalue weighted by Crippen LogP contribution is 2.57. The molecule has 5 nitrogen and oxygen atoms in total. The smallest absolute Gasteiger partial charge is 0.121 e. The zero-order valence-electron chi connectivity index (χ0n) is 21.5.